The molecule has 0 spiro atoms. The Kier molecular flexibility index (Phi) is 3.75. The highest BCUT2D eigenvalue weighted by Crippen LogP contribution is 2.32. The van der Waals surface area contributed by atoms with Crippen molar-refractivity contribution in [1.82, 2.24) is 0 Å². The Morgan fingerprint density at radius 3 is 2.65 bits per heavy atom. The monoisotopic (exact) mass is 271 g/mol. The minimum atomic E-state index is -0.495. The van der Waals surface area contributed by atoms with E-state index >= 15 is 0 Å². The molecule has 1 amide bonds. The summed E-state index contributed by atoms with van der Waals surface area (Å²) in [7, 11) is 1.60. The van der Waals surface area contributed by atoms with Gasteiger partial charge in [-0.15, -0.1) is 0 Å². The van der Waals surface area contributed by atoms with E-state index < -0.39 is 11.7 Å². The summed E-state index contributed by atoms with van der Waals surface area (Å²) in [5, 5.41) is 8.74. The molecule has 2 rings (SSSR count). The molecule has 0 aromatic heterocycles. The molecule has 5 nitrogen and oxygen atoms in total. The lowest BCUT2D eigenvalue weighted by Crippen LogP contribution is -2.31. The first kappa shape index (κ1) is 14.1. The van der Waals surface area contributed by atoms with Crippen LogP contribution in [0.5, 0.6) is 0 Å². The van der Waals surface area contributed by atoms with E-state index in [2.05, 4.69) is 11.0 Å². The van der Waals surface area contributed by atoms with Gasteiger partial charge < -0.3 is 9.80 Å². The van der Waals surface area contributed by atoms with E-state index in [-0.39, 0.29) is 6.04 Å². The quantitative estimate of drug-likeness (QED) is 0.785. The zero-order valence-electron chi connectivity index (χ0n) is 11.9. The van der Waals surface area contributed by atoms with Crippen LogP contribution in [-0.2, 0) is 4.79 Å². The van der Waals surface area contributed by atoms with Crippen molar-refractivity contribution in [1.29, 1.82) is 5.26 Å². The fourth-order valence-corrected chi connectivity index (χ4v) is 2.40. The van der Waals surface area contributed by atoms with Gasteiger partial charge in [0.1, 0.15) is 0 Å². The molecule has 1 heterocycles. The van der Waals surface area contributed by atoms with Crippen LogP contribution in [0.1, 0.15) is 30.6 Å². The largest absolute Gasteiger partial charge is 0.368 e. The molecule has 0 unspecified atom stereocenters. The smallest absolute Gasteiger partial charge is 0.299 e. The summed E-state index contributed by atoms with van der Waals surface area (Å²) >= 11 is 0. The number of amides is 1. The molecule has 1 aromatic rings. The van der Waals surface area contributed by atoms with Crippen molar-refractivity contribution >= 4 is 23.1 Å². The molecule has 1 aliphatic heterocycles. The Morgan fingerprint density at radius 2 is 2.05 bits per heavy atom. The summed E-state index contributed by atoms with van der Waals surface area (Å²) in [6.07, 6.45) is 0.433. The molecule has 5 heteroatoms. The number of Topliss-reactive ketones (excluding diaryl/α,β-unsaturated/α-hetero) is 1. The lowest BCUT2D eigenvalue weighted by atomic mass is 10.1. The van der Waals surface area contributed by atoms with Gasteiger partial charge in [-0.2, -0.15) is 5.26 Å². The maximum absolute atomic E-state index is 11.7. The number of carbonyl (C=O) groups is 2. The minimum Gasteiger partial charge on any atom is -0.368 e. The van der Waals surface area contributed by atoms with Gasteiger partial charge in [0, 0.05) is 25.3 Å². The Labute approximate surface area is 118 Å². The van der Waals surface area contributed by atoms with Crippen LogP contribution in [0.2, 0.25) is 0 Å². The van der Waals surface area contributed by atoms with Crippen LogP contribution >= 0.6 is 0 Å². The van der Waals surface area contributed by atoms with Gasteiger partial charge in [-0.3, -0.25) is 9.59 Å². The topological polar surface area (TPSA) is 64.4 Å². The van der Waals surface area contributed by atoms with Crippen LogP contribution in [0, 0.1) is 11.3 Å². The summed E-state index contributed by atoms with van der Waals surface area (Å²) in [5.41, 5.74) is 2.01. The summed E-state index contributed by atoms with van der Waals surface area (Å²) in [6, 6.07) is 7.74. The summed E-state index contributed by atoms with van der Waals surface area (Å²) < 4.78 is 0. The number of fused-ring (bicyclic) bond motifs is 1. The third-order valence-corrected chi connectivity index (χ3v) is 3.51. The molecule has 0 N–H and O–H groups in total. The molecule has 0 radical (unpaired) electrons. The van der Waals surface area contributed by atoms with Crippen LogP contribution in [0.25, 0.3) is 0 Å². The lowest BCUT2D eigenvalue weighted by Gasteiger charge is -2.28. The standard InChI is InChI=1S/C15H17N3O2/c1-10(2)18(8-4-7-16)11-5-6-12-13(9-11)17(3)15(20)14(12)19/h5-6,9-10H,4,8H2,1-3H3. The third kappa shape index (κ3) is 2.25. The second kappa shape index (κ2) is 5.33. The zero-order chi connectivity index (χ0) is 14.9. The number of nitrogens with zero attached hydrogens (tertiary/aromatic N) is 3. The van der Waals surface area contributed by atoms with Crippen LogP contribution < -0.4 is 9.80 Å². The Hall–Kier alpha value is -2.35. The lowest BCUT2D eigenvalue weighted by molar-refractivity contribution is -0.114. The summed E-state index contributed by atoms with van der Waals surface area (Å²) in [4.78, 5) is 26.9. The van der Waals surface area contributed by atoms with Crippen molar-refractivity contribution in [2.45, 2.75) is 26.3 Å². The second-order valence-corrected chi connectivity index (χ2v) is 5.09. The van der Waals surface area contributed by atoms with Crippen molar-refractivity contribution in [3.05, 3.63) is 23.8 Å². The zero-order valence-corrected chi connectivity index (χ0v) is 11.9. The number of anilines is 2. The number of hydrogen-bond acceptors (Lipinski definition) is 4. The first-order chi connectivity index (χ1) is 9.47. The molecule has 0 saturated carbocycles. The molecular weight excluding hydrogens is 254 g/mol. The van der Waals surface area contributed by atoms with Crippen LogP contribution in [0.15, 0.2) is 18.2 Å². The van der Waals surface area contributed by atoms with Gasteiger partial charge in [-0.1, -0.05) is 0 Å². The van der Waals surface area contributed by atoms with Gasteiger partial charge in [0.15, 0.2) is 0 Å². The van der Waals surface area contributed by atoms with E-state index in [4.69, 9.17) is 5.26 Å². The van der Waals surface area contributed by atoms with Crippen LogP contribution in [-0.4, -0.2) is 31.3 Å². The Bertz CT molecular complexity index is 602. The van der Waals surface area contributed by atoms with Gasteiger partial charge in [0.05, 0.1) is 23.7 Å². The molecule has 0 fully saturated rings. The van der Waals surface area contributed by atoms with Crippen molar-refractivity contribution in [2.24, 2.45) is 0 Å². The molecule has 104 valence electrons. The Morgan fingerprint density at radius 1 is 1.35 bits per heavy atom. The molecule has 1 aliphatic rings. The molecule has 20 heavy (non-hydrogen) atoms. The SMILES string of the molecule is CC(C)N(CCC#N)c1ccc2c(c1)N(C)C(=O)C2=O. The van der Waals surface area contributed by atoms with E-state index in [9.17, 15) is 9.59 Å². The van der Waals surface area contributed by atoms with E-state index in [0.29, 0.717) is 24.2 Å². The number of carbonyl (C=O) groups excluding carboxylic acids is 2. The third-order valence-electron chi connectivity index (χ3n) is 3.51. The highest BCUT2D eigenvalue weighted by molar-refractivity contribution is 6.52. The van der Waals surface area contributed by atoms with Crippen LogP contribution in [0.3, 0.4) is 0 Å². The maximum atomic E-state index is 11.7. The first-order valence-electron chi connectivity index (χ1n) is 6.57. The second-order valence-electron chi connectivity index (χ2n) is 5.09. The maximum Gasteiger partial charge on any atom is 0.299 e. The van der Waals surface area contributed by atoms with E-state index in [1.54, 1.807) is 13.1 Å². The van der Waals surface area contributed by atoms with Crippen molar-refractivity contribution in [3.63, 3.8) is 0 Å². The fraction of sp³-hybridized carbons (Fsp3) is 0.400. The summed E-state index contributed by atoms with van der Waals surface area (Å²) in [5.74, 6) is -0.951. The van der Waals surface area contributed by atoms with Crippen LogP contribution in [0.4, 0.5) is 11.4 Å². The summed E-state index contributed by atoms with van der Waals surface area (Å²) in [6.45, 7) is 4.72. The van der Waals surface area contributed by atoms with Gasteiger partial charge >= 0.3 is 0 Å². The van der Waals surface area contributed by atoms with Gasteiger partial charge in [-0.25, -0.2) is 0 Å². The van der Waals surface area contributed by atoms with Gasteiger partial charge in [0.2, 0.25) is 0 Å². The number of rotatable bonds is 4. The van der Waals surface area contributed by atoms with Gasteiger partial charge in [-0.05, 0) is 32.0 Å². The normalized spacial score (nSPS) is 13.7. The van der Waals surface area contributed by atoms with Crippen molar-refractivity contribution in [3.8, 4) is 6.07 Å². The van der Waals surface area contributed by atoms with E-state index in [1.807, 2.05) is 26.0 Å². The number of nitriles is 1. The molecule has 0 bridgehead atoms. The van der Waals surface area contributed by atoms with Crippen molar-refractivity contribution < 1.29 is 9.59 Å². The number of benzene rings is 1. The number of hydrogen-bond donors (Lipinski definition) is 0. The molecule has 0 saturated heterocycles. The molecule has 1 aromatic carbocycles. The van der Waals surface area contributed by atoms with Crippen molar-refractivity contribution in [2.75, 3.05) is 23.4 Å². The Balaban J connectivity index is 2.38. The van der Waals surface area contributed by atoms with Gasteiger partial charge in [0.25, 0.3) is 11.7 Å². The molecule has 0 atom stereocenters. The number of likely N-dealkylation sites (N-methyl/N-ethyl adjacent to an activating group) is 1. The minimum absolute atomic E-state index is 0.236. The van der Waals surface area contributed by atoms with E-state index in [1.165, 1.54) is 4.90 Å². The molecular formula is C15H17N3O2. The first-order valence-corrected chi connectivity index (χ1v) is 6.57. The molecule has 0 aliphatic carbocycles. The average molecular weight is 271 g/mol. The number of ketones is 1. The predicted octanol–water partition coefficient (Wildman–Crippen LogP) is 1.97. The highest BCUT2D eigenvalue weighted by Gasteiger charge is 2.33. The fourth-order valence-electron chi connectivity index (χ4n) is 2.40. The highest BCUT2D eigenvalue weighted by atomic mass is 16.2. The predicted molar refractivity (Wildman–Crippen MR) is 76.9 cm³/mol. The average Bonchev–Trinajstić information content (AvgIpc) is 2.64. The van der Waals surface area contributed by atoms with E-state index in [0.717, 1.165) is 5.69 Å².